The van der Waals surface area contributed by atoms with Gasteiger partial charge in [0.15, 0.2) is 0 Å². The van der Waals surface area contributed by atoms with E-state index in [0.717, 1.165) is 46.8 Å². The molecular weight excluding hydrogens is 382 g/mol. The summed E-state index contributed by atoms with van der Waals surface area (Å²) in [5, 5.41) is 11.1. The molecule has 0 heterocycles. The SMILES string of the molecule is CCN(CC)c1ccc(C(c2ccc(N(C)C)cc2)c2ccc(N(C)C)cc2)c(O)c1. The summed E-state index contributed by atoms with van der Waals surface area (Å²) < 4.78 is 0. The first-order valence-corrected chi connectivity index (χ1v) is 11.0. The van der Waals surface area contributed by atoms with Gasteiger partial charge in [0.05, 0.1) is 0 Å². The Morgan fingerprint density at radius 2 is 1.06 bits per heavy atom. The van der Waals surface area contributed by atoms with Crippen molar-refractivity contribution in [2.45, 2.75) is 19.8 Å². The third kappa shape index (κ3) is 4.96. The van der Waals surface area contributed by atoms with Gasteiger partial charge in [-0.3, -0.25) is 0 Å². The van der Waals surface area contributed by atoms with Crippen LogP contribution < -0.4 is 14.7 Å². The number of nitrogens with zero attached hydrogens (tertiary/aromatic N) is 3. The summed E-state index contributed by atoms with van der Waals surface area (Å²) in [6, 6.07) is 23.3. The van der Waals surface area contributed by atoms with E-state index in [4.69, 9.17) is 0 Å². The van der Waals surface area contributed by atoms with Crippen molar-refractivity contribution in [1.82, 2.24) is 0 Å². The second-order valence-corrected chi connectivity index (χ2v) is 8.32. The molecule has 4 nitrogen and oxygen atoms in total. The van der Waals surface area contributed by atoms with Gasteiger partial charge in [-0.1, -0.05) is 30.3 Å². The number of benzene rings is 3. The average Bonchev–Trinajstić information content (AvgIpc) is 2.77. The zero-order chi connectivity index (χ0) is 22.5. The standard InChI is InChI=1S/C27H35N3O/c1-7-30(8-2)24-17-18-25(26(31)19-24)27(20-9-13-22(14-10-20)28(3)4)21-11-15-23(16-12-21)29(5)6/h9-19,27,31H,7-8H2,1-6H3. The highest BCUT2D eigenvalue weighted by Gasteiger charge is 2.21. The topological polar surface area (TPSA) is 30.0 Å². The van der Waals surface area contributed by atoms with Crippen molar-refractivity contribution in [3.05, 3.63) is 83.4 Å². The van der Waals surface area contributed by atoms with Crippen LogP contribution in [0.2, 0.25) is 0 Å². The quantitative estimate of drug-likeness (QED) is 0.487. The molecule has 0 fully saturated rings. The first kappa shape index (κ1) is 22.5. The molecule has 0 saturated heterocycles. The zero-order valence-corrected chi connectivity index (χ0v) is 19.6. The molecule has 0 amide bonds. The van der Waals surface area contributed by atoms with Gasteiger partial charge in [-0.15, -0.1) is 0 Å². The fourth-order valence-electron chi connectivity index (χ4n) is 4.04. The van der Waals surface area contributed by atoms with E-state index >= 15 is 0 Å². The molecule has 0 aliphatic carbocycles. The van der Waals surface area contributed by atoms with Crippen LogP contribution in [0.3, 0.4) is 0 Å². The Morgan fingerprint density at radius 1 is 0.645 bits per heavy atom. The van der Waals surface area contributed by atoms with Crippen LogP contribution in [-0.2, 0) is 0 Å². The average molecular weight is 418 g/mol. The highest BCUT2D eigenvalue weighted by Crippen LogP contribution is 2.39. The molecule has 164 valence electrons. The van der Waals surface area contributed by atoms with Gasteiger partial charge in [0.25, 0.3) is 0 Å². The van der Waals surface area contributed by atoms with Gasteiger partial charge in [-0.2, -0.15) is 0 Å². The minimum atomic E-state index is -0.0434. The van der Waals surface area contributed by atoms with Gasteiger partial charge >= 0.3 is 0 Å². The third-order valence-corrected chi connectivity index (χ3v) is 5.94. The van der Waals surface area contributed by atoms with E-state index in [1.54, 1.807) is 0 Å². The molecule has 31 heavy (non-hydrogen) atoms. The Kier molecular flexibility index (Phi) is 7.11. The molecule has 3 aromatic rings. The van der Waals surface area contributed by atoms with Gasteiger partial charge in [-0.05, 0) is 55.3 Å². The van der Waals surface area contributed by atoms with E-state index in [9.17, 15) is 5.11 Å². The van der Waals surface area contributed by atoms with E-state index in [2.05, 4.69) is 89.2 Å². The van der Waals surface area contributed by atoms with Gasteiger partial charge in [-0.25, -0.2) is 0 Å². The summed E-state index contributed by atoms with van der Waals surface area (Å²) in [4.78, 5) is 6.44. The lowest BCUT2D eigenvalue weighted by molar-refractivity contribution is 0.467. The van der Waals surface area contributed by atoms with Crippen molar-refractivity contribution in [3.63, 3.8) is 0 Å². The van der Waals surface area contributed by atoms with Crippen LogP contribution in [0.5, 0.6) is 5.75 Å². The number of hydrogen-bond acceptors (Lipinski definition) is 4. The van der Waals surface area contributed by atoms with E-state index < -0.39 is 0 Å². The third-order valence-electron chi connectivity index (χ3n) is 5.94. The van der Waals surface area contributed by atoms with Gasteiger partial charge < -0.3 is 19.8 Å². The molecule has 0 aromatic heterocycles. The fraction of sp³-hybridized carbons (Fsp3) is 0.333. The van der Waals surface area contributed by atoms with Crippen LogP contribution in [0.25, 0.3) is 0 Å². The summed E-state index contributed by atoms with van der Waals surface area (Å²) in [6.45, 7) is 6.10. The molecule has 4 heteroatoms. The minimum Gasteiger partial charge on any atom is -0.508 e. The Morgan fingerprint density at radius 3 is 1.42 bits per heavy atom. The largest absolute Gasteiger partial charge is 0.508 e. The van der Waals surface area contributed by atoms with Crippen molar-refractivity contribution >= 4 is 17.1 Å². The maximum Gasteiger partial charge on any atom is 0.121 e. The van der Waals surface area contributed by atoms with Gasteiger partial charge in [0, 0.05) is 75.9 Å². The monoisotopic (exact) mass is 417 g/mol. The van der Waals surface area contributed by atoms with Crippen LogP contribution in [-0.4, -0.2) is 46.4 Å². The molecule has 3 aromatic carbocycles. The number of phenols is 1. The Hall–Kier alpha value is -3.14. The van der Waals surface area contributed by atoms with Crippen molar-refractivity contribution in [3.8, 4) is 5.75 Å². The minimum absolute atomic E-state index is 0.0434. The number of hydrogen-bond donors (Lipinski definition) is 1. The summed E-state index contributed by atoms with van der Waals surface area (Å²) >= 11 is 0. The normalized spacial score (nSPS) is 10.9. The molecule has 0 atom stereocenters. The van der Waals surface area contributed by atoms with Gasteiger partial charge in [0.2, 0.25) is 0 Å². The van der Waals surface area contributed by atoms with Crippen LogP contribution in [0, 0.1) is 0 Å². The molecule has 0 spiro atoms. The van der Waals surface area contributed by atoms with E-state index in [1.807, 2.05) is 34.3 Å². The Balaban J connectivity index is 2.09. The smallest absolute Gasteiger partial charge is 0.121 e. The zero-order valence-electron chi connectivity index (χ0n) is 19.6. The van der Waals surface area contributed by atoms with Crippen LogP contribution >= 0.6 is 0 Å². The molecule has 3 rings (SSSR count). The number of anilines is 3. The lowest BCUT2D eigenvalue weighted by Crippen LogP contribution is -2.21. The van der Waals surface area contributed by atoms with Crippen molar-refractivity contribution in [1.29, 1.82) is 0 Å². The predicted octanol–water partition coefficient (Wildman–Crippen LogP) is 5.55. The first-order chi connectivity index (χ1) is 14.8. The maximum absolute atomic E-state index is 11.1. The maximum atomic E-state index is 11.1. The molecule has 0 aliphatic heterocycles. The van der Waals surface area contributed by atoms with Crippen molar-refractivity contribution < 1.29 is 5.11 Å². The van der Waals surface area contributed by atoms with E-state index in [-0.39, 0.29) is 5.92 Å². The Labute approximate surface area is 187 Å². The number of phenolic OH excluding ortho intramolecular Hbond substituents is 1. The van der Waals surface area contributed by atoms with Crippen LogP contribution in [0.15, 0.2) is 66.7 Å². The van der Waals surface area contributed by atoms with Crippen molar-refractivity contribution in [2.24, 2.45) is 0 Å². The molecule has 0 bridgehead atoms. The van der Waals surface area contributed by atoms with Crippen molar-refractivity contribution in [2.75, 3.05) is 56.0 Å². The molecule has 1 N–H and O–H groups in total. The van der Waals surface area contributed by atoms with Crippen LogP contribution in [0.4, 0.5) is 17.1 Å². The molecule has 0 aliphatic rings. The molecular formula is C27H35N3O. The summed E-state index contributed by atoms with van der Waals surface area (Å²) in [5.74, 6) is 0.293. The predicted molar refractivity (Wildman–Crippen MR) is 134 cm³/mol. The molecule has 0 unspecified atom stereocenters. The molecule has 0 radical (unpaired) electrons. The van der Waals surface area contributed by atoms with Gasteiger partial charge in [0.1, 0.15) is 5.75 Å². The highest BCUT2D eigenvalue weighted by molar-refractivity contribution is 5.59. The lowest BCUT2D eigenvalue weighted by atomic mass is 9.84. The number of aromatic hydroxyl groups is 1. The van der Waals surface area contributed by atoms with E-state index in [0.29, 0.717) is 5.75 Å². The Bertz CT molecular complexity index is 923. The lowest BCUT2D eigenvalue weighted by Gasteiger charge is -2.25. The second-order valence-electron chi connectivity index (χ2n) is 8.32. The fourth-order valence-corrected chi connectivity index (χ4v) is 4.04. The second kappa shape index (κ2) is 9.78. The highest BCUT2D eigenvalue weighted by atomic mass is 16.3. The van der Waals surface area contributed by atoms with E-state index in [1.165, 1.54) is 0 Å². The number of rotatable bonds is 8. The summed E-state index contributed by atoms with van der Waals surface area (Å²) in [5.41, 5.74) is 6.61. The first-order valence-electron chi connectivity index (χ1n) is 11.0. The molecule has 0 saturated carbocycles. The van der Waals surface area contributed by atoms with Crippen LogP contribution in [0.1, 0.15) is 36.5 Å². The summed E-state index contributed by atoms with van der Waals surface area (Å²) in [6.07, 6.45) is 0. The summed E-state index contributed by atoms with van der Waals surface area (Å²) in [7, 11) is 8.18.